The van der Waals surface area contributed by atoms with Gasteiger partial charge in [0.1, 0.15) is 0 Å². The van der Waals surface area contributed by atoms with Crippen LogP contribution in [0.4, 0.5) is 0 Å². The lowest BCUT2D eigenvalue weighted by Crippen LogP contribution is -2.25. The average molecular weight is 238 g/mol. The van der Waals surface area contributed by atoms with Gasteiger partial charge in [-0.3, -0.25) is 0 Å². The van der Waals surface area contributed by atoms with Gasteiger partial charge in [-0.15, -0.1) is 0 Å². The molecule has 0 radical (unpaired) electrons. The maximum absolute atomic E-state index is 5.92. The zero-order chi connectivity index (χ0) is 11.6. The van der Waals surface area contributed by atoms with E-state index in [0.29, 0.717) is 12.2 Å². The predicted molar refractivity (Wildman–Crippen MR) is 71.3 cm³/mol. The Kier molecular flexibility index (Phi) is 3.93. The first-order valence-corrected chi connectivity index (χ1v) is 10.1. The first-order valence-electron chi connectivity index (χ1n) is 6.53. The molecular weight excluding hydrogens is 215 g/mol. The van der Waals surface area contributed by atoms with Crippen LogP contribution in [0.15, 0.2) is 11.8 Å². The Balaban J connectivity index is 1.78. The van der Waals surface area contributed by atoms with Crippen LogP contribution in [-0.4, -0.2) is 27.4 Å². The lowest BCUT2D eigenvalue weighted by Gasteiger charge is -2.22. The molecule has 4 heteroatoms. The molecule has 0 spiro atoms. The number of hydrogen-bond acceptors (Lipinski definition) is 2. The molecule has 90 valence electrons. The summed E-state index contributed by atoms with van der Waals surface area (Å²) in [6.45, 7) is 7.04. The molecule has 0 aromatic carbocycles. The van der Waals surface area contributed by atoms with Crippen molar-refractivity contribution >= 4 is 15.2 Å². The van der Waals surface area contributed by atoms with E-state index in [4.69, 9.17) is 9.31 Å². The summed E-state index contributed by atoms with van der Waals surface area (Å²) in [4.78, 5) is 0. The fourth-order valence-electron chi connectivity index (χ4n) is 2.44. The molecule has 1 heterocycles. The highest BCUT2D eigenvalue weighted by Crippen LogP contribution is 2.31. The smallest absolute Gasteiger partial charge is 0.406 e. The van der Waals surface area contributed by atoms with E-state index in [1.54, 1.807) is 0 Å². The highest BCUT2D eigenvalue weighted by atomic mass is 28.3. The molecule has 1 saturated heterocycles. The van der Waals surface area contributed by atoms with Gasteiger partial charge in [0.15, 0.2) is 0 Å². The van der Waals surface area contributed by atoms with Gasteiger partial charge in [-0.2, -0.15) is 0 Å². The van der Waals surface area contributed by atoms with Gasteiger partial charge in [0.2, 0.25) is 0 Å². The van der Waals surface area contributed by atoms with Gasteiger partial charge in [0.25, 0.3) is 0 Å². The fraction of sp³-hybridized carbons (Fsp3) is 0.833. The molecule has 16 heavy (non-hydrogen) atoms. The minimum atomic E-state index is -1.06. The van der Waals surface area contributed by atoms with E-state index < -0.39 is 8.07 Å². The lowest BCUT2D eigenvalue weighted by atomic mass is 9.85. The van der Waals surface area contributed by atoms with Crippen molar-refractivity contribution in [2.24, 2.45) is 0 Å². The summed E-state index contributed by atoms with van der Waals surface area (Å²) in [6, 6.07) is 0. The molecule has 2 unspecified atom stereocenters. The molecule has 0 aromatic rings. The van der Waals surface area contributed by atoms with Gasteiger partial charge >= 0.3 is 7.12 Å². The van der Waals surface area contributed by atoms with Gasteiger partial charge in [-0.1, -0.05) is 44.3 Å². The van der Waals surface area contributed by atoms with E-state index in [-0.39, 0.29) is 7.12 Å². The molecule has 2 rings (SSSR count). The Hall–Kier alpha value is -0.0582. The molecule has 2 aliphatic rings. The molecule has 1 aliphatic carbocycles. The molecule has 0 aromatic heterocycles. The molecule has 0 amide bonds. The summed E-state index contributed by atoms with van der Waals surface area (Å²) < 4.78 is 11.8. The van der Waals surface area contributed by atoms with E-state index >= 15 is 0 Å². The molecule has 1 aliphatic heterocycles. The monoisotopic (exact) mass is 238 g/mol. The van der Waals surface area contributed by atoms with Crippen molar-refractivity contribution in [3.8, 4) is 0 Å². The first-order chi connectivity index (χ1) is 7.54. The van der Waals surface area contributed by atoms with Crippen LogP contribution in [0.2, 0.25) is 26.0 Å². The SMILES string of the molecule is C[Si](C)(C)/C=C/CB1OC2CCCCC2O1. The van der Waals surface area contributed by atoms with Crippen LogP contribution < -0.4 is 0 Å². The van der Waals surface area contributed by atoms with Gasteiger partial charge in [-0.25, -0.2) is 0 Å². The van der Waals surface area contributed by atoms with Crippen LogP contribution in [0.25, 0.3) is 0 Å². The number of fused-ring (bicyclic) bond motifs is 1. The van der Waals surface area contributed by atoms with Crippen molar-refractivity contribution in [3.05, 3.63) is 11.8 Å². The van der Waals surface area contributed by atoms with E-state index in [2.05, 4.69) is 31.4 Å². The molecule has 1 saturated carbocycles. The fourth-order valence-corrected chi connectivity index (χ4v) is 3.28. The third-order valence-electron chi connectivity index (χ3n) is 3.24. The largest absolute Gasteiger partial charge is 0.461 e. The summed E-state index contributed by atoms with van der Waals surface area (Å²) in [6.07, 6.45) is 8.96. The second-order valence-corrected chi connectivity index (χ2v) is 11.1. The highest BCUT2D eigenvalue weighted by Gasteiger charge is 2.39. The standard InChI is InChI=1S/C12H23BO2Si/c1-16(2,3)10-6-9-13-14-11-7-4-5-8-12(11)15-13/h6,10-12H,4-5,7-9H2,1-3H3/b10-6+. The third kappa shape index (κ3) is 3.47. The van der Waals surface area contributed by atoms with Crippen LogP contribution in [0.3, 0.4) is 0 Å². The minimum absolute atomic E-state index is 0.0284. The van der Waals surface area contributed by atoms with E-state index in [1.165, 1.54) is 25.7 Å². The van der Waals surface area contributed by atoms with Crippen molar-refractivity contribution in [2.45, 2.75) is 63.9 Å². The Morgan fingerprint density at radius 2 is 1.69 bits per heavy atom. The summed E-state index contributed by atoms with van der Waals surface area (Å²) in [5, 5.41) is 0. The predicted octanol–water partition coefficient (Wildman–Crippen LogP) is 3.27. The normalized spacial score (nSPS) is 31.1. The summed E-state index contributed by atoms with van der Waals surface area (Å²) in [5.74, 6) is 0. The number of rotatable bonds is 3. The van der Waals surface area contributed by atoms with Crippen molar-refractivity contribution in [1.82, 2.24) is 0 Å². The number of allylic oxidation sites excluding steroid dienone is 1. The van der Waals surface area contributed by atoms with Crippen molar-refractivity contribution < 1.29 is 9.31 Å². The quantitative estimate of drug-likeness (QED) is 0.702. The van der Waals surface area contributed by atoms with Crippen molar-refractivity contribution in [2.75, 3.05) is 0 Å². The van der Waals surface area contributed by atoms with Crippen LogP contribution in [-0.2, 0) is 9.31 Å². The summed E-state index contributed by atoms with van der Waals surface area (Å²) in [5.41, 5.74) is 2.38. The summed E-state index contributed by atoms with van der Waals surface area (Å²) in [7, 11) is -1.03. The first kappa shape index (κ1) is 12.4. The Morgan fingerprint density at radius 1 is 1.12 bits per heavy atom. The topological polar surface area (TPSA) is 18.5 Å². The van der Waals surface area contributed by atoms with Gasteiger partial charge in [-0.05, 0) is 19.2 Å². The maximum atomic E-state index is 5.92. The van der Waals surface area contributed by atoms with Crippen molar-refractivity contribution in [3.63, 3.8) is 0 Å². The minimum Gasteiger partial charge on any atom is -0.406 e. The molecular formula is C12H23BO2Si. The van der Waals surface area contributed by atoms with Crippen LogP contribution in [0.1, 0.15) is 25.7 Å². The lowest BCUT2D eigenvalue weighted by molar-refractivity contribution is 0.110. The average Bonchev–Trinajstić information content (AvgIpc) is 2.57. The zero-order valence-electron chi connectivity index (χ0n) is 10.7. The van der Waals surface area contributed by atoms with E-state index in [9.17, 15) is 0 Å². The summed E-state index contributed by atoms with van der Waals surface area (Å²) >= 11 is 0. The van der Waals surface area contributed by atoms with Crippen LogP contribution >= 0.6 is 0 Å². The Morgan fingerprint density at radius 3 is 2.19 bits per heavy atom. The van der Waals surface area contributed by atoms with E-state index in [1.807, 2.05) is 0 Å². The maximum Gasteiger partial charge on any atom is 0.461 e. The van der Waals surface area contributed by atoms with Crippen molar-refractivity contribution in [1.29, 1.82) is 0 Å². The Bertz CT molecular complexity index is 248. The Labute approximate surface area is 101 Å². The van der Waals surface area contributed by atoms with Gasteiger partial charge < -0.3 is 9.31 Å². The third-order valence-corrected chi connectivity index (χ3v) is 4.48. The molecule has 0 N–H and O–H groups in total. The second kappa shape index (κ2) is 5.07. The number of hydrogen-bond donors (Lipinski definition) is 0. The molecule has 0 bridgehead atoms. The van der Waals surface area contributed by atoms with Gasteiger partial charge in [0, 0.05) is 0 Å². The van der Waals surface area contributed by atoms with Crippen LogP contribution in [0.5, 0.6) is 0 Å². The molecule has 2 atom stereocenters. The molecule has 2 fully saturated rings. The second-order valence-electron chi connectivity index (χ2n) is 6.07. The van der Waals surface area contributed by atoms with Gasteiger partial charge in [0.05, 0.1) is 20.3 Å². The van der Waals surface area contributed by atoms with E-state index in [0.717, 1.165) is 6.32 Å². The zero-order valence-corrected chi connectivity index (χ0v) is 11.7. The highest BCUT2D eigenvalue weighted by molar-refractivity contribution is 6.81. The van der Waals surface area contributed by atoms with Crippen LogP contribution in [0, 0.1) is 0 Å². The molecule has 2 nitrogen and oxygen atoms in total.